The summed E-state index contributed by atoms with van der Waals surface area (Å²) in [6.45, 7) is 4.16. The fraction of sp³-hybridized carbons (Fsp3) is 0.600. The number of hydrogen-bond donors (Lipinski definition) is 0. The van der Waals surface area contributed by atoms with E-state index in [0.29, 0.717) is 6.04 Å². The number of aldehydes is 1. The number of nitrogens with zero attached hydrogens (tertiary/aromatic N) is 2. The Balaban J connectivity index is 2.40. The van der Waals surface area contributed by atoms with Gasteiger partial charge in [0.25, 0.3) is 0 Å². The second kappa shape index (κ2) is 2.69. The fourth-order valence-electron chi connectivity index (χ4n) is 1.69. The molecule has 13 heavy (non-hydrogen) atoms. The molecule has 0 atom stereocenters. The number of rotatable bonds is 3. The molecule has 70 valence electrons. The number of carbonyl (C=O) groups is 1. The Hall–Kier alpha value is -1.12. The Kier molecular flexibility index (Phi) is 1.75. The van der Waals surface area contributed by atoms with Crippen molar-refractivity contribution in [2.45, 2.75) is 38.1 Å². The van der Waals surface area contributed by atoms with Gasteiger partial charge in [0.05, 0.1) is 11.1 Å². The predicted molar refractivity (Wildman–Crippen MR) is 49.6 cm³/mol. The van der Waals surface area contributed by atoms with Crippen molar-refractivity contribution in [1.29, 1.82) is 0 Å². The highest BCUT2D eigenvalue weighted by Crippen LogP contribution is 2.46. The van der Waals surface area contributed by atoms with Gasteiger partial charge in [-0.2, -0.15) is 5.10 Å². The molecule has 0 amide bonds. The zero-order valence-electron chi connectivity index (χ0n) is 8.03. The molecule has 2 rings (SSSR count). The molecule has 0 unspecified atom stereocenters. The average Bonchev–Trinajstić information content (AvgIpc) is 2.74. The lowest BCUT2D eigenvalue weighted by Gasteiger charge is -2.14. The van der Waals surface area contributed by atoms with Gasteiger partial charge in [-0.05, 0) is 32.8 Å². The van der Waals surface area contributed by atoms with Crippen LogP contribution >= 0.6 is 0 Å². The standard InChI is InChI=1S/C10H14N2O/c1-8(2)12-9(3-6-11-12)10(7-13)4-5-10/h3,6-8H,4-5H2,1-2H3. The van der Waals surface area contributed by atoms with Crippen LogP contribution in [0.1, 0.15) is 38.4 Å². The summed E-state index contributed by atoms with van der Waals surface area (Å²) in [5.41, 5.74) is 0.887. The highest BCUT2D eigenvalue weighted by Gasteiger charge is 2.46. The van der Waals surface area contributed by atoms with Gasteiger partial charge in [0.2, 0.25) is 0 Å². The van der Waals surface area contributed by atoms with Crippen molar-refractivity contribution in [3.05, 3.63) is 18.0 Å². The lowest BCUT2D eigenvalue weighted by Crippen LogP contribution is -2.17. The molecule has 1 aliphatic carbocycles. The van der Waals surface area contributed by atoms with Crippen LogP contribution in [0.2, 0.25) is 0 Å². The van der Waals surface area contributed by atoms with Crippen molar-refractivity contribution >= 4 is 6.29 Å². The summed E-state index contributed by atoms with van der Waals surface area (Å²) in [6, 6.07) is 2.30. The van der Waals surface area contributed by atoms with E-state index >= 15 is 0 Å². The van der Waals surface area contributed by atoms with Crippen molar-refractivity contribution in [3.8, 4) is 0 Å². The highest BCUT2D eigenvalue weighted by molar-refractivity contribution is 5.72. The zero-order chi connectivity index (χ0) is 9.47. The largest absolute Gasteiger partial charge is 0.302 e. The third kappa shape index (κ3) is 1.19. The summed E-state index contributed by atoms with van der Waals surface area (Å²) >= 11 is 0. The normalized spacial score (nSPS) is 19.0. The van der Waals surface area contributed by atoms with E-state index in [4.69, 9.17) is 0 Å². The minimum Gasteiger partial charge on any atom is -0.302 e. The maximum Gasteiger partial charge on any atom is 0.132 e. The van der Waals surface area contributed by atoms with Gasteiger partial charge in [-0.15, -0.1) is 0 Å². The number of aromatic nitrogens is 2. The molecule has 0 bridgehead atoms. The van der Waals surface area contributed by atoms with Crippen LogP contribution in [0.25, 0.3) is 0 Å². The van der Waals surface area contributed by atoms with Crippen molar-refractivity contribution in [3.63, 3.8) is 0 Å². The molecule has 0 saturated heterocycles. The van der Waals surface area contributed by atoms with Crippen LogP contribution in [0.3, 0.4) is 0 Å². The van der Waals surface area contributed by atoms with E-state index in [2.05, 4.69) is 18.9 Å². The van der Waals surface area contributed by atoms with Crippen LogP contribution in [0.5, 0.6) is 0 Å². The molecular formula is C10H14N2O. The van der Waals surface area contributed by atoms with Crippen LogP contribution in [-0.2, 0) is 10.2 Å². The first-order chi connectivity index (χ1) is 6.19. The molecule has 0 aromatic carbocycles. The van der Waals surface area contributed by atoms with E-state index < -0.39 is 0 Å². The summed E-state index contributed by atoms with van der Waals surface area (Å²) in [5.74, 6) is 0. The monoisotopic (exact) mass is 178 g/mol. The first kappa shape index (κ1) is 8.48. The molecule has 0 spiro atoms. The molecule has 3 heteroatoms. The Bertz CT molecular complexity index is 323. The van der Waals surface area contributed by atoms with Crippen molar-refractivity contribution in [1.82, 2.24) is 9.78 Å². The Morgan fingerprint density at radius 1 is 1.62 bits per heavy atom. The van der Waals surface area contributed by atoms with E-state index in [1.54, 1.807) is 6.20 Å². The van der Waals surface area contributed by atoms with E-state index in [1.807, 2.05) is 10.7 Å². The predicted octanol–water partition coefficient (Wildman–Crippen LogP) is 1.69. The van der Waals surface area contributed by atoms with Gasteiger partial charge in [0.1, 0.15) is 6.29 Å². The van der Waals surface area contributed by atoms with Gasteiger partial charge in [0.15, 0.2) is 0 Å². The maximum atomic E-state index is 10.9. The summed E-state index contributed by atoms with van der Waals surface area (Å²) < 4.78 is 1.95. The minimum absolute atomic E-state index is 0.194. The molecule has 3 nitrogen and oxygen atoms in total. The van der Waals surface area contributed by atoms with Gasteiger partial charge >= 0.3 is 0 Å². The molecule has 1 aromatic rings. The lowest BCUT2D eigenvalue weighted by atomic mass is 10.0. The molecule has 1 aromatic heterocycles. The van der Waals surface area contributed by atoms with Crippen LogP contribution in [-0.4, -0.2) is 16.1 Å². The molecule has 0 radical (unpaired) electrons. The Morgan fingerprint density at radius 2 is 2.31 bits per heavy atom. The first-order valence-electron chi connectivity index (χ1n) is 4.70. The van der Waals surface area contributed by atoms with Crippen LogP contribution < -0.4 is 0 Å². The Labute approximate surface area is 77.7 Å². The molecule has 0 aliphatic heterocycles. The van der Waals surface area contributed by atoms with Gasteiger partial charge in [-0.3, -0.25) is 4.68 Å². The van der Waals surface area contributed by atoms with Crippen molar-refractivity contribution in [2.75, 3.05) is 0 Å². The van der Waals surface area contributed by atoms with Gasteiger partial charge < -0.3 is 4.79 Å². The van der Waals surface area contributed by atoms with E-state index in [0.717, 1.165) is 24.8 Å². The molecule has 1 saturated carbocycles. The SMILES string of the molecule is CC(C)n1nccc1C1(C=O)CC1. The smallest absolute Gasteiger partial charge is 0.132 e. The third-order valence-electron chi connectivity index (χ3n) is 2.68. The molecule has 1 fully saturated rings. The zero-order valence-corrected chi connectivity index (χ0v) is 8.03. The molecule has 1 heterocycles. The van der Waals surface area contributed by atoms with Gasteiger partial charge in [-0.25, -0.2) is 0 Å². The van der Waals surface area contributed by atoms with Gasteiger partial charge in [0, 0.05) is 12.2 Å². The van der Waals surface area contributed by atoms with E-state index in [-0.39, 0.29) is 5.41 Å². The second-order valence-corrected chi connectivity index (χ2v) is 4.03. The summed E-state index contributed by atoms with van der Waals surface area (Å²) in [7, 11) is 0. The molecule has 1 aliphatic rings. The second-order valence-electron chi connectivity index (χ2n) is 4.03. The minimum atomic E-state index is -0.194. The highest BCUT2D eigenvalue weighted by atomic mass is 16.1. The van der Waals surface area contributed by atoms with E-state index in [9.17, 15) is 4.79 Å². The molecule has 0 N–H and O–H groups in total. The Morgan fingerprint density at radius 3 is 2.77 bits per heavy atom. The third-order valence-corrected chi connectivity index (χ3v) is 2.68. The maximum absolute atomic E-state index is 10.9. The number of hydrogen-bond acceptors (Lipinski definition) is 2. The number of carbonyl (C=O) groups excluding carboxylic acids is 1. The van der Waals surface area contributed by atoms with Crippen molar-refractivity contribution in [2.24, 2.45) is 0 Å². The van der Waals surface area contributed by atoms with Gasteiger partial charge in [-0.1, -0.05) is 0 Å². The summed E-state index contributed by atoms with van der Waals surface area (Å²) in [4.78, 5) is 10.9. The summed E-state index contributed by atoms with van der Waals surface area (Å²) in [5, 5.41) is 4.23. The lowest BCUT2D eigenvalue weighted by molar-refractivity contribution is -0.110. The fourth-order valence-corrected chi connectivity index (χ4v) is 1.69. The van der Waals surface area contributed by atoms with Crippen LogP contribution in [0, 0.1) is 0 Å². The topological polar surface area (TPSA) is 34.9 Å². The molecular weight excluding hydrogens is 164 g/mol. The average molecular weight is 178 g/mol. The van der Waals surface area contributed by atoms with Crippen LogP contribution in [0.15, 0.2) is 12.3 Å². The van der Waals surface area contributed by atoms with Crippen molar-refractivity contribution < 1.29 is 4.79 Å². The quantitative estimate of drug-likeness (QED) is 0.660. The first-order valence-corrected chi connectivity index (χ1v) is 4.70. The van der Waals surface area contributed by atoms with Crippen LogP contribution in [0.4, 0.5) is 0 Å². The summed E-state index contributed by atoms with van der Waals surface area (Å²) in [6.07, 6.45) is 4.81. The van der Waals surface area contributed by atoms with E-state index in [1.165, 1.54) is 0 Å².